The topological polar surface area (TPSA) is 130 Å². The average molecular weight is 463 g/mol. The van der Waals surface area contributed by atoms with E-state index >= 15 is 0 Å². The van der Waals surface area contributed by atoms with Gasteiger partial charge < -0.3 is 25.1 Å². The van der Waals surface area contributed by atoms with Crippen molar-refractivity contribution in [2.45, 2.75) is 12.5 Å². The number of benzene rings is 1. The minimum Gasteiger partial charge on any atom is -0.497 e. The van der Waals surface area contributed by atoms with Crippen molar-refractivity contribution >= 4 is 29.2 Å². The Kier molecular flexibility index (Phi) is 6.83. The van der Waals surface area contributed by atoms with E-state index in [-0.39, 0.29) is 11.9 Å². The van der Waals surface area contributed by atoms with E-state index in [0.29, 0.717) is 52.9 Å². The number of aromatic nitrogens is 4. The second-order valence-corrected chi connectivity index (χ2v) is 7.58. The van der Waals surface area contributed by atoms with E-state index in [0.717, 1.165) is 5.52 Å². The van der Waals surface area contributed by atoms with Gasteiger partial charge in [-0.15, -0.1) is 0 Å². The Bertz CT molecular complexity index is 1250. The van der Waals surface area contributed by atoms with Gasteiger partial charge in [-0.1, -0.05) is 0 Å². The van der Waals surface area contributed by atoms with Crippen molar-refractivity contribution in [1.29, 1.82) is 0 Å². The number of ether oxygens (including phenoxy) is 2. The first-order chi connectivity index (χ1) is 16.5. The highest BCUT2D eigenvalue weighted by Crippen LogP contribution is 2.29. The standard InChI is InChI=1S/C23H26N8O3/c1-24-31(2)12-14-10-18(28-19(13-33-3)21-25-8-5-9-26-21)20(23(32)27-14)22-29-16-7-6-15(34-4)11-17(16)30-22/h5-9,11-12,19,28H,1,10,13H2,2-4H3,(H,27,32)(H,29,30)/b14-12+/t19-/m1/s1. The molecule has 0 spiro atoms. The second kappa shape index (κ2) is 10.1. The second-order valence-electron chi connectivity index (χ2n) is 7.58. The number of amides is 1. The largest absolute Gasteiger partial charge is 0.497 e. The summed E-state index contributed by atoms with van der Waals surface area (Å²) >= 11 is 0. The number of carbonyl (C=O) groups is 1. The molecule has 0 radical (unpaired) electrons. The number of hydrogen-bond donors (Lipinski definition) is 3. The van der Waals surface area contributed by atoms with E-state index in [1.165, 1.54) is 5.01 Å². The lowest BCUT2D eigenvalue weighted by Gasteiger charge is -2.27. The van der Waals surface area contributed by atoms with Gasteiger partial charge in [0.1, 0.15) is 23.2 Å². The van der Waals surface area contributed by atoms with Crippen LogP contribution in [0.15, 0.2) is 59.4 Å². The Balaban J connectivity index is 1.80. The van der Waals surface area contributed by atoms with E-state index < -0.39 is 0 Å². The Morgan fingerprint density at radius 2 is 2.12 bits per heavy atom. The molecule has 0 fully saturated rings. The molecule has 1 aliphatic rings. The highest BCUT2D eigenvalue weighted by Gasteiger charge is 2.29. The first kappa shape index (κ1) is 22.9. The van der Waals surface area contributed by atoms with Gasteiger partial charge in [0.25, 0.3) is 5.91 Å². The number of nitrogens with one attached hydrogen (secondary N) is 3. The molecule has 0 unspecified atom stereocenters. The Hall–Kier alpha value is -4.25. The van der Waals surface area contributed by atoms with E-state index in [4.69, 9.17) is 9.47 Å². The van der Waals surface area contributed by atoms with Crippen molar-refractivity contribution in [3.05, 3.63) is 65.9 Å². The lowest BCUT2D eigenvalue weighted by molar-refractivity contribution is -0.115. The van der Waals surface area contributed by atoms with Crippen molar-refractivity contribution in [3.8, 4) is 5.75 Å². The first-order valence-electron chi connectivity index (χ1n) is 10.5. The predicted octanol–water partition coefficient (Wildman–Crippen LogP) is 1.96. The summed E-state index contributed by atoms with van der Waals surface area (Å²) in [6.45, 7) is 3.81. The number of hydrogen-bond acceptors (Lipinski definition) is 9. The Morgan fingerprint density at radius 1 is 1.32 bits per heavy atom. The molecule has 1 aliphatic heterocycles. The number of nitrogens with zero attached hydrogens (tertiary/aromatic N) is 5. The molecule has 3 heterocycles. The maximum atomic E-state index is 13.3. The zero-order chi connectivity index (χ0) is 24.1. The average Bonchev–Trinajstić information content (AvgIpc) is 3.26. The van der Waals surface area contributed by atoms with Gasteiger partial charge in [0.05, 0.1) is 24.8 Å². The maximum Gasteiger partial charge on any atom is 0.261 e. The van der Waals surface area contributed by atoms with Gasteiger partial charge in [-0.05, 0) is 18.2 Å². The van der Waals surface area contributed by atoms with E-state index in [1.54, 1.807) is 45.9 Å². The SMILES string of the molecule is C=NN(C)/C=C1\CC(N[C@H](COC)c2ncccn2)=C(c2nc3ccc(OC)cc3[nH]2)C(=O)N1. The van der Waals surface area contributed by atoms with Crippen LogP contribution in [0.4, 0.5) is 0 Å². The summed E-state index contributed by atoms with van der Waals surface area (Å²) in [6.07, 6.45) is 5.42. The molecule has 176 valence electrons. The summed E-state index contributed by atoms with van der Waals surface area (Å²) < 4.78 is 10.7. The number of fused-ring (bicyclic) bond motifs is 1. The number of hydrazone groups is 1. The number of methoxy groups -OCH3 is 2. The van der Waals surface area contributed by atoms with Crippen LogP contribution < -0.4 is 15.4 Å². The third-order valence-corrected chi connectivity index (χ3v) is 5.24. The summed E-state index contributed by atoms with van der Waals surface area (Å²) in [6, 6.07) is 6.85. The van der Waals surface area contributed by atoms with Gasteiger partial charge in [-0.3, -0.25) is 9.80 Å². The molecule has 1 aromatic carbocycles. The van der Waals surface area contributed by atoms with E-state index in [9.17, 15) is 4.79 Å². The summed E-state index contributed by atoms with van der Waals surface area (Å²) in [5.41, 5.74) is 3.15. The molecule has 11 nitrogen and oxygen atoms in total. The zero-order valence-electron chi connectivity index (χ0n) is 19.2. The summed E-state index contributed by atoms with van der Waals surface area (Å²) in [5, 5.41) is 11.7. The van der Waals surface area contributed by atoms with Gasteiger partial charge in [-0.25, -0.2) is 15.0 Å². The van der Waals surface area contributed by atoms with Crippen molar-refractivity contribution in [2.24, 2.45) is 5.10 Å². The summed E-state index contributed by atoms with van der Waals surface area (Å²) in [5.74, 6) is 1.36. The number of imidazole rings is 1. The van der Waals surface area contributed by atoms with Crippen LogP contribution in [-0.2, 0) is 9.53 Å². The quantitative estimate of drug-likeness (QED) is 0.325. The molecule has 3 aromatic rings. The van der Waals surface area contributed by atoms with Gasteiger partial charge in [0.15, 0.2) is 5.82 Å². The molecule has 0 saturated carbocycles. The van der Waals surface area contributed by atoms with Crippen LogP contribution in [0.25, 0.3) is 16.6 Å². The van der Waals surface area contributed by atoms with Crippen LogP contribution >= 0.6 is 0 Å². The van der Waals surface area contributed by atoms with Crippen molar-refractivity contribution in [1.82, 2.24) is 35.6 Å². The number of carbonyl (C=O) groups excluding carboxylic acids is 1. The van der Waals surface area contributed by atoms with E-state index in [2.05, 4.69) is 42.4 Å². The molecule has 3 N–H and O–H groups in total. The third kappa shape index (κ3) is 4.89. The van der Waals surface area contributed by atoms with Crippen LogP contribution in [0.3, 0.4) is 0 Å². The zero-order valence-corrected chi connectivity index (χ0v) is 19.2. The number of aromatic amines is 1. The van der Waals surface area contributed by atoms with Crippen LogP contribution in [0.2, 0.25) is 0 Å². The highest BCUT2D eigenvalue weighted by molar-refractivity contribution is 6.21. The van der Waals surface area contributed by atoms with Crippen LogP contribution in [0.5, 0.6) is 5.75 Å². The molecular weight excluding hydrogens is 436 g/mol. The lowest BCUT2D eigenvalue weighted by Crippen LogP contribution is -2.36. The Labute approximate surface area is 196 Å². The number of H-pyrrole nitrogens is 1. The number of rotatable bonds is 9. The molecule has 0 aliphatic carbocycles. The monoisotopic (exact) mass is 462 g/mol. The predicted molar refractivity (Wildman–Crippen MR) is 128 cm³/mol. The summed E-state index contributed by atoms with van der Waals surface area (Å²) in [7, 11) is 4.93. The molecule has 34 heavy (non-hydrogen) atoms. The molecule has 2 aromatic heterocycles. The molecule has 4 rings (SSSR count). The Morgan fingerprint density at radius 3 is 2.82 bits per heavy atom. The van der Waals surface area contributed by atoms with Gasteiger partial charge in [0.2, 0.25) is 0 Å². The fourth-order valence-electron chi connectivity index (χ4n) is 3.67. The van der Waals surface area contributed by atoms with Gasteiger partial charge in [-0.2, -0.15) is 5.10 Å². The normalized spacial score (nSPS) is 15.9. The fourth-order valence-corrected chi connectivity index (χ4v) is 3.67. The van der Waals surface area contributed by atoms with Crippen LogP contribution in [0, 0.1) is 0 Å². The van der Waals surface area contributed by atoms with Crippen molar-refractivity contribution < 1.29 is 14.3 Å². The first-order valence-corrected chi connectivity index (χ1v) is 10.5. The molecule has 0 saturated heterocycles. The third-order valence-electron chi connectivity index (χ3n) is 5.24. The molecule has 1 atom stereocenters. The lowest BCUT2D eigenvalue weighted by atomic mass is 10.0. The minimum atomic E-state index is -0.386. The van der Waals surface area contributed by atoms with Gasteiger partial charge >= 0.3 is 0 Å². The molecule has 11 heteroatoms. The van der Waals surface area contributed by atoms with Crippen LogP contribution in [0.1, 0.15) is 24.1 Å². The molecular formula is C23H26N8O3. The fraction of sp³-hybridized carbons (Fsp3) is 0.261. The van der Waals surface area contributed by atoms with Crippen molar-refractivity contribution in [2.75, 3.05) is 27.9 Å². The maximum absolute atomic E-state index is 13.3. The van der Waals surface area contributed by atoms with E-state index in [1.807, 2.05) is 18.2 Å². The van der Waals surface area contributed by atoms with Crippen molar-refractivity contribution in [3.63, 3.8) is 0 Å². The minimum absolute atomic E-state index is 0.299. The van der Waals surface area contributed by atoms with Crippen LogP contribution in [-0.4, -0.2) is 65.4 Å². The van der Waals surface area contributed by atoms with Gasteiger partial charge in [0, 0.05) is 63.3 Å². The molecule has 1 amide bonds. The molecule has 0 bridgehead atoms. The summed E-state index contributed by atoms with van der Waals surface area (Å²) in [4.78, 5) is 29.9. The smallest absolute Gasteiger partial charge is 0.261 e. The highest BCUT2D eigenvalue weighted by atomic mass is 16.5.